The molecule has 0 fully saturated rings. The first-order valence-electron chi connectivity index (χ1n) is 9.49. The maximum atomic E-state index is 4.72. The van der Waals surface area contributed by atoms with E-state index < -0.39 is 0 Å². The SMILES string of the molecule is Cc1cccc(Nc2cc(C)nc3nc(-c4ccc(C(C)(C)C)cc4)nn23)c1. The van der Waals surface area contributed by atoms with Crippen LogP contribution in [0.15, 0.2) is 54.6 Å². The summed E-state index contributed by atoms with van der Waals surface area (Å²) in [5.41, 5.74) is 5.50. The van der Waals surface area contributed by atoms with Gasteiger partial charge < -0.3 is 5.32 Å². The number of aromatic nitrogens is 4. The van der Waals surface area contributed by atoms with Crippen LogP contribution < -0.4 is 5.32 Å². The minimum absolute atomic E-state index is 0.119. The lowest BCUT2D eigenvalue weighted by molar-refractivity contribution is 0.590. The van der Waals surface area contributed by atoms with E-state index in [-0.39, 0.29) is 5.41 Å². The Morgan fingerprint density at radius 3 is 2.32 bits per heavy atom. The molecule has 0 saturated heterocycles. The normalized spacial score (nSPS) is 11.8. The average Bonchev–Trinajstić information content (AvgIpc) is 3.05. The van der Waals surface area contributed by atoms with E-state index in [0.29, 0.717) is 11.6 Å². The number of anilines is 2. The topological polar surface area (TPSA) is 55.1 Å². The maximum Gasteiger partial charge on any atom is 0.254 e. The highest BCUT2D eigenvalue weighted by molar-refractivity contribution is 5.62. The van der Waals surface area contributed by atoms with Crippen LogP contribution in [0.4, 0.5) is 11.5 Å². The van der Waals surface area contributed by atoms with Gasteiger partial charge in [-0.15, -0.1) is 5.10 Å². The number of nitrogens with one attached hydrogen (secondary N) is 1. The van der Waals surface area contributed by atoms with Crippen LogP contribution in [0.3, 0.4) is 0 Å². The molecule has 2 heterocycles. The third-order valence-electron chi connectivity index (χ3n) is 4.74. The predicted molar refractivity (Wildman–Crippen MR) is 114 cm³/mol. The van der Waals surface area contributed by atoms with Crippen molar-refractivity contribution in [2.24, 2.45) is 0 Å². The minimum atomic E-state index is 0.119. The summed E-state index contributed by atoms with van der Waals surface area (Å²) in [5, 5.41) is 8.16. The first-order valence-corrected chi connectivity index (χ1v) is 9.49. The molecule has 0 aliphatic carbocycles. The molecule has 0 saturated carbocycles. The van der Waals surface area contributed by atoms with Gasteiger partial charge in [0.1, 0.15) is 5.82 Å². The third-order valence-corrected chi connectivity index (χ3v) is 4.74. The number of rotatable bonds is 3. The zero-order valence-electron chi connectivity index (χ0n) is 17.0. The van der Waals surface area contributed by atoms with Crippen LogP contribution in [0.1, 0.15) is 37.6 Å². The minimum Gasteiger partial charge on any atom is -0.340 e. The smallest absolute Gasteiger partial charge is 0.254 e. The number of hydrogen-bond donors (Lipinski definition) is 1. The van der Waals surface area contributed by atoms with Gasteiger partial charge in [0.15, 0.2) is 5.82 Å². The Balaban J connectivity index is 1.74. The number of hydrogen-bond acceptors (Lipinski definition) is 4. The Morgan fingerprint density at radius 1 is 0.893 bits per heavy atom. The Hall–Kier alpha value is -3.21. The van der Waals surface area contributed by atoms with Crippen molar-refractivity contribution in [3.05, 3.63) is 71.4 Å². The number of aryl methyl sites for hydroxylation is 2. The summed E-state index contributed by atoms with van der Waals surface area (Å²) in [7, 11) is 0. The Bertz CT molecular complexity index is 1130. The second-order valence-electron chi connectivity index (χ2n) is 8.25. The van der Waals surface area contributed by atoms with Gasteiger partial charge in [-0.3, -0.25) is 0 Å². The van der Waals surface area contributed by atoms with Gasteiger partial charge in [-0.05, 0) is 42.5 Å². The third kappa shape index (κ3) is 3.60. The highest BCUT2D eigenvalue weighted by Gasteiger charge is 2.15. The molecule has 142 valence electrons. The lowest BCUT2D eigenvalue weighted by Gasteiger charge is -2.18. The summed E-state index contributed by atoms with van der Waals surface area (Å²) in [4.78, 5) is 9.20. The first kappa shape index (κ1) is 18.2. The van der Waals surface area contributed by atoms with E-state index in [1.165, 1.54) is 11.1 Å². The molecule has 5 heteroatoms. The summed E-state index contributed by atoms with van der Waals surface area (Å²) in [5.74, 6) is 2.11. The molecule has 4 aromatic rings. The highest BCUT2D eigenvalue weighted by atomic mass is 15.4. The van der Waals surface area contributed by atoms with E-state index >= 15 is 0 Å². The van der Waals surface area contributed by atoms with Gasteiger partial charge in [-0.25, -0.2) is 4.98 Å². The van der Waals surface area contributed by atoms with Crippen molar-refractivity contribution >= 4 is 17.3 Å². The van der Waals surface area contributed by atoms with E-state index in [4.69, 9.17) is 5.10 Å². The Kier molecular flexibility index (Phi) is 4.38. The maximum absolute atomic E-state index is 4.72. The summed E-state index contributed by atoms with van der Waals surface area (Å²) in [6, 6.07) is 18.7. The molecule has 2 aromatic carbocycles. The molecule has 0 unspecified atom stereocenters. The summed E-state index contributed by atoms with van der Waals surface area (Å²) < 4.78 is 1.77. The largest absolute Gasteiger partial charge is 0.340 e. The van der Waals surface area contributed by atoms with Gasteiger partial charge in [-0.1, -0.05) is 57.2 Å². The van der Waals surface area contributed by atoms with E-state index in [1.807, 2.05) is 25.1 Å². The zero-order chi connectivity index (χ0) is 19.9. The van der Waals surface area contributed by atoms with Gasteiger partial charge in [0.2, 0.25) is 0 Å². The van der Waals surface area contributed by atoms with Crippen LogP contribution in [0.25, 0.3) is 17.2 Å². The van der Waals surface area contributed by atoms with Gasteiger partial charge in [-0.2, -0.15) is 9.50 Å². The molecule has 4 rings (SSSR count). The van der Waals surface area contributed by atoms with Crippen molar-refractivity contribution in [2.75, 3.05) is 5.32 Å². The fourth-order valence-electron chi connectivity index (χ4n) is 3.19. The molecule has 28 heavy (non-hydrogen) atoms. The lowest BCUT2D eigenvalue weighted by atomic mass is 9.87. The van der Waals surface area contributed by atoms with Crippen molar-refractivity contribution in [3.8, 4) is 11.4 Å². The molecule has 0 bridgehead atoms. The van der Waals surface area contributed by atoms with Gasteiger partial charge >= 0.3 is 0 Å². The molecule has 0 aliphatic heterocycles. The monoisotopic (exact) mass is 371 g/mol. The summed E-state index contributed by atoms with van der Waals surface area (Å²) in [6.07, 6.45) is 0. The van der Waals surface area contributed by atoms with Crippen LogP contribution in [-0.2, 0) is 5.41 Å². The molecule has 0 aliphatic rings. The van der Waals surface area contributed by atoms with Gasteiger partial charge in [0.25, 0.3) is 5.78 Å². The summed E-state index contributed by atoms with van der Waals surface area (Å²) >= 11 is 0. The quantitative estimate of drug-likeness (QED) is 0.520. The van der Waals surface area contributed by atoms with Crippen LogP contribution in [-0.4, -0.2) is 19.6 Å². The second kappa shape index (κ2) is 6.75. The number of fused-ring (bicyclic) bond motifs is 1. The van der Waals surface area contributed by atoms with Crippen molar-refractivity contribution in [2.45, 2.75) is 40.0 Å². The van der Waals surface area contributed by atoms with Crippen molar-refractivity contribution in [1.29, 1.82) is 0 Å². The number of benzene rings is 2. The Labute approximate surface area is 165 Å². The van der Waals surface area contributed by atoms with E-state index in [1.54, 1.807) is 4.52 Å². The lowest BCUT2D eigenvalue weighted by Crippen LogP contribution is -2.10. The summed E-state index contributed by atoms with van der Waals surface area (Å²) in [6.45, 7) is 10.7. The zero-order valence-corrected chi connectivity index (χ0v) is 17.0. The van der Waals surface area contributed by atoms with Gasteiger partial charge in [0.05, 0.1) is 0 Å². The molecule has 0 spiro atoms. The Morgan fingerprint density at radius 2 is 1.64 bits per heavy atom. The van der Waals surface area contributed by atoms with E-state index in [2.05, 4.69) is 79.4 Å². The van der Waals surface area contributed by atoms with Crippen molar-refractivity contribution in [3.63, 3.8) is 0 Å². The van der Waals surface area contributed by atoms with Crippen LogP contribution >= 0.6 is 0 Å². The fourth-order valence-corrected chi connectivity index (χ4v) is 3.19. The van der Waals surface area contributed by atoms with Crippen LogP contribution in [0.5, 0.6) is 0 Å². The molecule has 0 amide bonds. The predicted octanol–water partition coefficient (Wildman–Crippen LogP) is 5.45. The first-order chi connectivity index (χ1) is 13.3. The second-order valence-corrected chi connectivity index (χ2v) is 8.25. The molecule has 0 radical (unpaired) electrons. The van der Waals surface area contributed by atoms with E-state index in [0.717, 1.165) is 22.8 Å². The van der Waals surface area contributed by atoms with Crippen LogP contribution in [0.2, 0.25) is 0 Å². The average molecular weight is 371 g/mol. The molecule has 1 N–H and O–H groups in total. The van der Waals surface area contributed by atoms with Gasteiger partial charge in [0, 0.05) is 23.0 Å². The molecular formula is C23H25N5. The molecule has 5 nitrogen and oxygen atoms in total. The standard InChI is InChI=1S/C23H25N5/c1-15-7-6-8-19(13-15)25-20-14-16(2)24-22-26-21(27-28(20)22)17-9-11-18(12-10-17)23(3,4)5/h6-14,25H,1-5H3. The van der Waals surface area contributed by atoms with Crippen molar-refractivity contribution < 1.29 is 0 Å². The molecule has 0 atom stereocenters. The van der Waals surface area contributed by atoms with E-state index in [9.17, 15) is 0 Å². The molecule has 2 aromatic heterocycles. The van der Waals surface area contributed by atoms with Crippen LogP contribution in [0, 0.1) is 13.8 Å². The fraction of sp³-hybridized carbons (Fsp3) is 0.261. The molecular weight excluding hydrogens is 346 g/mol. The highest BCUT2D eigenvalue weighted by Crippen LogP contribution is 2.26. The van der Waals surface area contributed by atoms with Crippen molar-refractivity contribution in [1.82, 2.24) is 19.6 Å². The number of nitrogens with zero attached hydrogens (tertiary/aromatic N) is 4.